The molecule has 9 heteroatoms. The predicted octanol–water partition coefficient (Wildman–Crippen LogP) is 3.06. The van der Waals surface area contributed by atoms with Gasteiger partial charge in [-0.1, -0.05) is 22.5 Å². The minimum Gasteiger partial charge on any atom is -0.494 e. The molecule has 0 spiro atoms. The molecule has 0 fully saturated rings. The molecule has 1 aliphatic heterocycles. The average Bonchev–Trinajstić information content (AvgIpc) is 3.42. The van der Waals surface area contributed by atoms with E-state index in [1.807, 2.05) is 48.0 Å². The highest BCUT2D eigenvalue weighted by molar-refractivity contribution is 5.58. The summed E-state index contributed by atoms with van der Waals surface area (Å²) >= 11 is 0. The van der Waals surface area contributed by atoms with Crippen LogP contribution in [0.15, 0.2) is 53.3 Å². The van der Waals surface area contributed by atoms with Crippen molar-refractivity contribution in [3.63, 3.8) is 0 Å². The fraction of sp³-hybridized carbons (Fsp3) is 0.250. The van der Waals surface area contributed by atoms with Crippen molar-refractivity contribution in [2.45, 2.75) is 26.2 Å². The first-order chi connectivity index (χ1) is 14.3. The zero-order chi connectivity index (χ0) is 19.6. The number of aromatic nitrogens is 6. The molecular formula is C20H18N6O3. The molecule has 4 aromatic rings. The molecule has 0 aliphatic carbocycles. The van der Waals surface area contributed by atoms with Gasteiger partial charge in [-0.15, -0.1) is 5.10 Å². The van der Waals surface area contributed by atoms with Crippen LogP contribution in [0, 0.1) is 0 Å². The largest absolute Gasteiger partial charge is 0.494 e. The molecule has 4 heterocycles. The molecule has 1 aliphatic rings. The third-order valence-electron chi connectivity index (χ3n) is 4.73. The van der Waals surface area contributed by atoms with Gasteiger partial charge < -0.3 is 14.0 Å². The van der Waals surface area contributed by atoms with Gasteiger partial charge in [-0.3, -0.25) is 4.98 Å². The first-order valence-electron chi connectivity index (χ1n) is 9.33. The van der Waals surface area contributed by atoms with E-state index in [-0.39, 0.29) is 6.10 Å². The Morgan fingerprint density at radius 1 is 1.14 bits per heavy atom. The molecule has 3 aromatic heterocycles. The SMILES string of the molecule is CCOc1ccc(C2Cn3nnc(-c4nc(-c5ccncc5)no4)c3CO2)cc1. The number of rotatable bonds is 5. The molecule has 146 valence electrons. The lowest BCUT2D eigenvalue weighted by Crippen LogP contribution is -2.22. The molecule has 0 N–H and O–H groups in total. The van der Waals surface area contributed by atoms with Gasteiger partial charge in [-0.2, -0.15) is 4.98 Å². The molecule has 1 aromatic carbocycles. The van der Waals surface area contributed by atoms with Crippen LogP contribution in [0.4, 0.5) is 0 Å². The summed E-state index contributed by atoms with van der Waals surface area (Å²) in [6, 6.07) is 11.6. The van der Waals surface area contributed by atoms with Crippen LogP contribution in [0.2, 0.25) is 0 Å². The molecular weight excluding hydrogens is 372 g/mol. The molecule has 1 unspecified atom stereocenters. The predicted molar refractivity (Wildman–Crippen MR) is 102 cm³/mol. The molecule has 0 saturated heterocycles. The van der Waals surface area contributed by atoms with E-state index in [4.69, 9.17) is 14.0 Å². The van der Waals surface area contributed by atoms with E-state index >= 15 is 0 Å². The first-order valence-corrected chi connectivity index (χ1v) is 9.33. The number of ether oxygens (including phenoxy) is 2. The number of hydrogen-bond acceptors (Lipinski definition) is 8. The quantitative estimate of drug-likeness (QED) is 0.512. The molecule has 9 nitrogen and oxygen atoms in total. The summed E-state index contributed by atoms with van der Waals surface area (Å²) in [6.45, 7) is 3.52. The standard InChI is InChI=1S/C20H18N6O3/c1-2-27-15-5-3-13(4-6-15)17-11-26-16(12-28-17)18(23-25-26)20-22-19(24-29-20)14-7-9-21-10-8-14/h3-10,17H,2,11-12H2,1H3. The molecule has 5 rings (SSSR count). The number of benzene rings is 1. The lowest BCUT2D eigenvalue weighted by atomic mass is 10.1. The third-order valence-corrected chi connectivity index (χ3v) is 4.73. The Morgan fingerprint density at radius 2 is 1.97 bits per heavy atom. The highest BCUT2D eigenvalue weighted by atomic mass is 16.5. The zero-order valence-electron chi connectivity index (χ0n) is 15.7. The minimum atomic E-state index is -0.109. The lowest BCUT2D eigenvalue weighted by Gasteiger charge is -2.24. The van der Waals surface area contributed by atoms with Crippen LogP contribution in [0.5, 0.6) is 5.75 Å². The second kappa shape index (κ2) is 7.44. The van der Waals surface area contributed by atoms with Crippen LogP contribution in [0.3, 0.4) is 0 Å². The Labute approximate surface area is 166 Å². The monoisotopic (exact) mass is 390 g/mol. The second-order valence-electron chi connectivity index (χ2n) is 6.53. The number of pyridine rings is 1. The van der Waals surface area contributed by atoms with Crippen LogP contribution in [-0.4, -0.2) is 36.7 Å². The highest BCUT2D eigenvalue weighted by Crippen LogP contribution is 2.31. The van der Waals surface area contributed by atoms with Crippen LogP contribution < -0.4 is 4.74 Å². The zero-order valence-corrected chi connectivity index (χ0v) is 15.7. The average molecular weight is 390 g/mol. The Hall–Kier alpha value is -3.59. The van der Waals surface area contributed by atoms with Crippen molar-refractivity contribution in [2.24, 2.45) is 0 Å². The van der Waals surface area contributed by atoms with E-state index in [1.54, 1.807) is 12.4 Å². The maximum atomic E-state index is 6.06. The van der Waals surface area contributed by atoms with E-state index < -0.39 is 0 Å². The van der Waals surface area contributed by atoms with E-state index in [9.17, 15) is 0 Å². The van der Waals surface area contributed by atoms with Crippen molar-refractivity contribution < 1.29 is 14.0 Å². The van der Waals surface area contributed by atoms with Crippen molar-refractivity contribution in [3.8, 4) is 28.7 Å². The topological polar surface area (TPSA) is 101 Å². The molecule has 29 heavy (non-hydrogen) atoms. The van der Waals surface area contributed by atoms with E-state index in [0.29, 0.717) is 37.2 Å². The smallest absolute Gasteiger partial charge is 0.280 e. The van der Waals surface area contributed by atoms with Gasteiger partial charge in [-0.25, -0.2) is 4.68 Å². The number of fused-ring (bicyclic) bond motifs is 1. The minimum absolute atomic E-state index is 0.109. The third kappa shape index (κ3) is 3.36. The van der Waals surface area contributed by atoms with Crippen molar-refractivity contribution in [1.29, 1.82) is 0 Å². The summed E-state index contributed by atoms with van der Waals surface area (Å²) in [7, 11) is 0. The van der Waals surface area contributed by atoms with Crippen LogP contribution >= 0.6 is 0 Å². The number of hydrogen-bond donors (Lipinski definition) is 0. The summed E-state index contributed by atoms with van der Waals surface area (Å²) in [5.74, 6) is 1.64. The number of nitrogens with zero attached hydrogens (tertiary/aromatic N) is 6. The second-order valence-corrected chi connectivity index (χ2v) is 6.53. The summed E-state index contributed by atoms with van der Waals surface area (Å²) in [5.41, 5.74) is 3.25. The fourth-order valence-electron chi connectivity index (χ4n) is 3.26. The summed E-state index contributed by atoms with van der Waals surface area (Å²) in [5, 5.41) is 12.5. The molecule has 0 radical (unpaired) electrons. The normalized spacial score (nSPS) is 15.8. The van der Waals surface area contributed by atoms with Crippen molar-refractivity contribution in [2.75, 3.05) is 6.61 Å². The maximum Gasteiger partial charge on any atom is 0.280 e. The van der Waals surface area contributed by atoms with Gasteiger partial charge in [0.15, 0.2) is 5.69 Å². The fourth-order valence-corrected chi connectivity index (χ4v) is 3.26. The van der Waals surface area contributed by atoms with Gasteiger partial charge in [0.2, 0.25) is 5.82 Å². The van der Waals surface area contributed by atoms with E-state index in [0.717, 1.165) is 22.6 Å². The Bertz CT molecular complexity index is 1110. The van der Waals surface area contributed by atoms with Crippen molar-refractivity contribution in [1.82, 2.24) is 30.1 Å². The summed E-state index contributed by atoms with van der Waals surface area (Å²) in [4.78, 5) is 8.44. The Kier molecular flexibility index (Phi) is 4.49. The Balaban J connectivity index is 1.36. The Morgan fingerprint density at radius 3 is 2.76 bits per heavy atom. The summed E-state index contributed by atoms with van der Waals surface area (Å²) in [6.07, 6.45) is 3.25. The lowest BCUT2D eigenvalue weighted by molar-refractivity contribution is -0.00119. The van der Waals surface area contributed by atoms with Gasteiger partial charge in [-0.05, 0) is 36.8 Å². The van der Waals surface area contributed by atoms with Crippen LogP contribution in [0.25, 0.3) is 23.0 Å². The van der Waals surface area contributed by atoms with Gasteiger partial charge in [0, 0.05) is 18.0 Å². The molecule has 0 amide bonds. The first kappa shape index (κ1) is 17.5. The molecule has 1 atom stereocenters. The van der Waals surface area contributed by atoms with Crippen molar-refractivity contribution >= 4 is 0 Å². The molecule has 0 bridgehead atoms. The van der Waals surface area contributed by atoms with E-state index in [2.05, 4.69) is 25.4 Å². The van der Waals surface area contributed by atoms with Gasteiger partial charge in [0.05, 0.1) is 25.5 Å². The van der Waals surface area contributed by atoms with Crippen molar-refractivity contribution in [3.05, 3.63) is 60.0 Å². The van der Waals surface area contributed by atoms with E-state index in [1.165, 1.54) is 0 Å². The molecule has 0 saturated carbocycles. The van der Waals surface area contributed by atoms with Crippen LogP contribution in [0.1, 0.15) is 24.3 Å². The van der Waals surface area contributed by atoms with Gasteiger partial charge in [0.1, 0.15) is 11.9 Å². The van der Waals surface area contributed by atoms with Gasteiger partial charge in [0.25, 0.3) is 5.89 Å². The maximum absolute atomic E-state index is 6.06. The van der Waals surface area contributed by atoms with Gasteiger partial charge >= 0.3 is 0 Å². The summed E-state index contributed by atoms with van der Waals surface area (Å²) < 4.78 is 18.8. The highest BCUT2D eigenvalue weighted by Gasteiger charge is 2.28. The van der Waals surface area contributed by atoms with Crippen LogP contribution in [-0.2, 0) is 17.9 Å².